The van der Waals surface area contributed by atoms with Gasteiger partial charge in [0.05, 0.1) is 18.3 Å². The highest BCUT2D eigenvalue weighted by atomic mass is 35.5. The minimum absolute atomic E-state index is 0.439. The van der Waals surface area contributed by atoms with E-state index in [1.54, 1.807) is 0 Å². The van der Waals surface area contributed by atoms with E-state index in [1.165, 1.54) is 0 Å². The Labute approximate surface area is 97.0 Å². The van der Waals surface area contributed by atoms with Crippen molar-refractivity contribution in [3.05, 3.63) is 29.4 Å². The molecule has 0 fully saturated rings. The van der Waals surface area contributed by atoms with E-state index >= 15 is 0 Å². The Balaban J connectivity index is 2.37. The molecule has 0 aliphatic heterocycles. The average Bonchev–Trinajstić information content (AvgIpc) is 2.65. The molecule has 2 aromatic rings. The fraction of sp³-hybridized carbons (Fsp3) is 0.200. The fourth-order valence-electron chi connectivity index (χ4n) is 1.25. The third-order valence-corrected chi connectivity index (χ3v) is 2.76. The van der Waals surface area contributed by atoms with Crippen LogP contribution in [0.5, 0.6) is 5.75 Å². The van der Waals surface area contributed by atoms with Gasteiger partial charge in [-0.05, 0) is 19.1 Å². The number of halogens is 1. The van der Waals surface area contributed by atoms with Crippen LogP contribution in [0.4, 0.5) is 0 Å². The molecule has 3 nitrogen and oxygen atoms in total. The van der Waals surface area contributed by atoms with Crippen molar-refractivity contribution in [2.45, 2.75) is 6.92 Å². The topological polar surface area (TPSA) is 35.0 Å². The third kappa shape index (κ3) is 2.27. The number of hydrogen-bond donors (Lipinski definition) is 0. The molecular weight excluding hydrogens is 232 g/mol. The van der Waals surface area contributed by atoms with Crippen LogP contribution in [0.15, 0.2) is 24.3 Å². The zero-order valence-electron chi connectivity index (χ0n) is 8.11. The number of benzene rings is 1. The monoisotopic (exact) mass is 240 g/mol. The molecule has 0 saturated heterocycles. The highest BCUT2D eigenvalue weighted by molar-refractivity contribution is 6.99. The van der Waals surface area contributed by atoms with Gasteiger partial charge in [-0.1, -0.05) is 23.7 Å². The standard InChI is InChI=1S/C10H9ClN2OS/c1-2-14-8-5-3-4-7(6-8)9-10(11)13-15-12-9/h3-6H,2H2,1H3. The summed E-state index contributed by atoms with van der Waals surface area (Å²) >= 11 is 7.01. The Bertz CT molecular complexity index is 458. The van der Waals surface area contributed by atoms with Crippen LogP contribution in [0.25, 0.3) is 11.3 Å². The molecule has 0 unspecified atom stereocenters. The van der Waals surface area contributed by atoms with Crippen molar-refractivity contribution in [3.8, 4) is 17.0 Å². The molecule has 0 atom stereocenters. The molecule has 1 aromatic carbocycles. The Morgan fingerprint density at radius 2 is 2.27 bits per heavy atom. The lowest BCUT2D eigenvalue weighted by Gasteiger charge is -2.03. The molecule has 0 aliphatic carbocycles. The first-order chi connectivity index (χ1) is 7.31. The van der Waals surface area contributed by atoms with E-state index in [4.69, 9.17) is 16.3 Å². The fourth-order valence-corrected chi connectivity index (χ4v) is 2.02. The number of nitrogens with zero attached hydrogens (tertiary/aromatic N) is 2. The lowest BCUT2D eigenvalue weighted by molar-refractivity contribution is 0.340. The second kappa shape index (κ2) is 4.59. The van der Waals surface area contributed by atoms with E-state index in [2.05, 4.69) is 8.75 Å². The van der Waals surface area contributed by atoms with Gasteiger partial charge < -0.3 is 4.74 Å². The van der Waals surface area contributed by atoms with Crippen LogP contribution in [0, 0.1) is 0 Å². The first kappa shape index (κ1) is 10.4. The Hall–Kier alpha value is -1.13. The van der Waals surface area contributed by atoms with E-state index in [9.17, 15) is 0 Å². The minimum atomic E-state index is 0.439. The lowest BCUT2D eigenvalue weighted by atomic mass is 10.1. The lowest BCUT2D eigenvalue weighted by Crippen LogP contribution is -1.91. The Kier molecular flexibility index (Phi) is 3.18. The van der Waals surface area contributed by atoms with Gasteiger partial charge >= 0.3 is 0 Å². The van der Waals surface area contributed by atoms with Crippen molar-refractivity contribution in [2.24, 2.45) is 0 Å². The molecule has 0 amide bonds. The third-order valence-electron chi connectivity index (χ3n) is 1.87. The van der Waals surface area contributed by atoms with Crippen molar-refractivity contribution in [2.75, 3.05) is 6.61 Å². The first-order valence-corrected chi connectivity index (χ1v) is 5.63. The zero-order chi connectivity index (χ0) is 10.7. The average molecular weight is 241 g/mol. The van der Waals surface area contributed by atoms with Gasteiger partial charge in [0.1, 0.15) is 11.4 Å². The molecule has 2 rings (SSSR count). The molecule has 0 bridgehead atoms. The molecule has 1 heterocycles. The summed E-state index contributed by atoms with van der Waals surface area (Å²) in [6.45, 7) is 2.59. The quantitative estimate of drug-likeness (QED) is 0.826. The zero-order valence-corrected chi connectivity index (χ0v) is 9.68. The van der Waals surface area contributed by atoms with Gasteiger partial charge in [0.25, 0.3) is 0 Å². The van der Waals surface area contributed by atoms with Crippen molar-refractivity contribution in [3.63, 3.8) is 0 Å². The van der Waals surface area contributed by atoms with Gasteiger partial charge in [0.2, 0.25) is 0 Å². The normalized spacial score (nSPS) is 10.3. The predicted octanol–water partition coefficient (Wildman–Crippen LogP) is 3.26. The van der Waals surface area contributed by atoms with E-state index in [1.807, 2.05) is 31.2 Å². The van der Waals surface area contributed by atoms with E-state index in [0.717, 1.165) is 23.0 Å². The Morgan fingerprint density at radius 1 is 1.40 bits per heavy atom. The second-order valence-corrected chi connectivity index (χ2v) is 3.75. The van der Waals surface area contributed by atoms with Crippen LogP contribution in [0.1, 0.15) is 6.92 Å². The Morgan fingerprint density at radius 3 is 2.93 bits per heavy atom. The van der Waals surface area contributed by atoms with Crippen molar-refractivity contribution in [1.29, 1.82) is 0 Å². The highest BCUT2D eigenvalue weighted by Gasteiger charge is 2.08. The number of hydrogen-bond acceptors (Lipinski definition) is 4. The van der Waals surface area contributed by atoms with Gasteiger partial charge in [0, 0.05) is 5.56 Å². The number of ether oxygens (including phenoxy) is 1. The second-order valence-electron chi connectivity index (χ2n) is 2.86. The molecule has 0 saturated carbocycles. The SMILES string of the molecule is CCOc1cccc(-c2nsnc2Cl)c1. The maximum absolute atomic E-state index is 5.90. The number of rotatable bonds is 3. The minimum Gasteiger partial charge on any atom is -0.494 e. The summed E-state index contributed by atoms with van der Waals surface area (Å²) in [5, 5.41) is 0.439. The van der Waals surface area contributed by atoms with E-state index in [-0.39, 0.29) is 0 Å². The molecule has 1 aromatic heterocycles. The van der Waals surface area contributed by atoms with Gasteiger partial charge in [0.15, 0.2) is 5.15 Å². The molecule has 78 valence electrons. The predicted molar refractivity (Wildman–Crippen MR) is 61.5 cm³/mol. The summed E-state index contributed by atoms with van der Waals surface area (Å²) in [5.74, 6) is 0.819. The highest BCUT2D eigenvalue weighted by Crippen LogP contribution is 2.28. The molecule has 15 heavy (non-hydrogen) atoms. The van der Waals surface area contributed by atoms with Crippen molar-refractivity contribution in [1.82, 2.24) is 8.75 Å². The summed E-state index contributed by atoms with van der Waals surface area (Å²) in [5.41, 5.74) is 1.64. The van der Waals surface area contributed by atoms with Gasteiger partial charge in [-0.25, -0.2) is 0 Å². The maximum atomic E-state index is 5.90. The van der Waals surface area contributed by atoms with Crippen LogP contribution in [-0.2, 0) is 0 Å². The summed E-state index contributed by atoms with van der Waals surface area (Å²) < 4.78 is 13.5. The van der Waals surface area contributed by atoms with Crippen LogP contribution < -0.4 is 4.74 Å². The molecule has 5 heteroatoms. The summed E-state index contributed by atoms with van der Waals surface area (Å²) in [6.07, 6.45) is 0. The summed E-state index contributed by atoms with van der Waals surface area (Å²) in [6, 6.07) is 7.66. The van der Waals surface area contributed by atoms with E-state index in [0.29, 0.717) is 17.5 Å². The molecule has 0 aliphatic rings. The maximum Gasteiger partial charge on any atom is 0.170 e. The van der Waals surface area contributed by atoms with E-state index < -0.39 is 0 Å². The molecule has 0 N–H and O–H groups in total. The van der Waals surface area contributed by atoms with Gasteiger partial charge in [-0.2, -0.15) is 8.75 Å². The molecule has 0 spiro atoms. The smallest absolute Gasteiger partial charge is 0.170 e. The van der Waals surface area contributed by atoms with Crippen molar-refractivity contribution >= 4 is 23.3 Å². The van der Waals surface area contributed by atoms with Crippen LogP contribution in [0.3, 0.4) is 0 Å². The molecule has 0 radical (unpaired) electrons. The summed E-state index contributed by atoms with van der Waals surface area (Å²) in [4.78, 5) is 0. The van der Waals surface area contributed by atoms with Crippen LogP contribution in [0.2, 0.25) is 5.15 Å². The van der Waals surface area contributed by atoms with Crippen LogP contribution >= 0.6 is 23.3 Å². The van der Waals surface area contributed by atoms with Gasteiger partial charge in [-0.3, -0.25) is 0 Å². The number of aromatic nitrogens is 2. The van der Waals surface area contributed by atoms with Crippen LogP contribution in [-0.4, -0.2) is 15.4 Å². The molecular formula is C10H9ClN2OS. The summed E-state index contributed by atoms with van der Waals surface area (Å²) in [7, 11) is 0. The van der Waals surface area contributed by atoms with Gasteiger partial charge in [-0.15, -0.1) is 0 Å². The largest absolute Gasteiger partial charge is 0.494 e. The van der Waals surface area contributed by atoms with Crippen molar-refractivity contribution < 1.29 is 4.74 Å². The first-order valence-electron chi connectivity index (χ1n) is 4.52.